The Bertz CT molecular complexity index is 228. The van der Waals surface area contributed by atoms with Crippen molar-refractivity contribution in [3.8, 4) is 0 Å². The minimum Gasteiger partial charge on any atom is -0.375 e. The summed E-state index contributed by atoms with van der Waals surface area (Å²) >= 11 is 0. The third-order valence-corrected chi connectivity index (χ3v) is 3.35. The lowest BCUT2D eigenvalue weighted by atomic mass is 10.2. The maximum Gasteiger partial charge on any atom is 0.246 e. The third kappa shape index (κ3) is 5.02. The van der Waals surface area contributed by atoms with E-state index in [0.29, 0.717) is 12.6 Å². The van der Waals surface area contributed by atoms with Crippen LogP contribution in [0.15, 0.2) is 0 Å². The van der Waals surface area contributed by atoms with E-state index in [1.807, 2.05) is 0 Å². The molecule has 1 heterocycles. The third-order valence-electron chi connectivity index (χ3n) is 3.35. The molecule has 1 fully saturated rings. The largest absolute Gasteiger partial charge is 0.375 e. The molecule has 0 saturated carbocycles. The molecule has 100 valence electrons. The summed E-state index contributed by atoms with van der Waals surface area (Å²) in [5, 5.41) is 2.89. The second-order valence-corrected chi connectivity index (χ2v) is 4.56. The van der Waals surface area contributed by atoms with Crippen molar-refractivity contribution in [2.24, 2.45) is 0 Å². The quantitative estimate of drug-likeness (QED) is 0.700. The van der Waals surface area contributed by atoms with Crippen LogP contribution >= 0.6 is 0 Å². The molecule has 0 spiro atoms. The Labute approximate surface area is 104 Å². The highest BCUT2D eigenvalue weighted by atomic mass is 16.5. The zero-order valence-electron chi connectivity index (χ0n) is 11.2. The highest BCUT2D eigenvalue weighted by molar-refractivity contribution is 5.77. The van der Waals surface area contributed by atoms with Gasteiger partial charge >= 0.3 is 0 Å². The Morgan fingerprint density at radius 2 is 2.00 bits per heavy atom. The van der Waals surface area contributed by atoms with Gasteiger partial charge in [0.25, 0.3) is 0 Å². The maximum absolute atomic E-state index is 11.3. The van der Waals surface area contributed by atoms with Gasteiger partial charge in [0.05, 0.1) is 0 Å². The topological polar surface area (TPSA) is 44.8 Å². The molecule has 0 aromatic heterocycles. The van der Waals surface area contributed by atoms with Gasteiger partial charge < -0.3 is 15.0 Å². The first-order valence-corrected chi connectivity index (χ1v) is 6.39. The minimum absolute atomic E-state index is 0.0356. The van der Waals surface area contributed by atoms with E-state index in [9.17, 15) is 4.79 Å². The number of methoxy groups -OCH3 is 1. The van der Waals surface area contributed by atoms with Crippen molar-refractivity contribution < 1.29 is 9.53 Å². The zero-order valence-corrected chi connectivity index (χ0v) is 11.2. The molecule has 1 N–H and O–H groups in total. The molecule has 0 bridgehead atoms. The van der Waals surface area contributed by atoms with Crippen molar-refractivity contribution in [3.63, 3.8) is 0 Å². The first-order valence-electron chi connectivity index (χ1n) is 6.39. The minimum atomic E-state index is -0.0356. The van der Waals surface area contributed by atoms with E-state index in [-0.39, 0.29) is 12.5 Å². The van der Waals surface area contributed by atoms with E-state index in [2.05, 4.69) is 29.0 Å². The molecular weight excluding hydrogens is 218 g/mol. The van der Waals surface area contributed by atoms with Gasteiger partial charge in [-0.05, 0) is 13.5 Å². The molecule has 1 amide bonds. The SMILES string of the molecule is CCN1CCN(C(C)CNC(=O)COC)CC1. The van der Waals surface area contributed by atoms with Crippen molar-refractivity contribution in [2.75, 3.05) is 53.0 Å². The van der Waals surface area contributed by atoms with Gasteiger partial charge in [-0.1, -0.05) is 6.92 Å². The lowest BCUT2D eigenvalue weighted by molar-refractivity contribution is -0.125. The van der Waals surface area contributed by atoms with Crippen molar-refractivity contribution in [1.29, 1.82) is 0 Å². The van der Waals surface area contributed by atoms with E-state index >= 15 is 0 Å². The molecule has 1 unspecified atom stereocenters. The fourth-order valence-corrected chi connectivity index (χ4v) is 2.09. The zero-order chi connectivity index (χ0) is 12.7. The summed E-state index contributed by atoms with van der Waals surface area (Å²) in [4.78, 5) is 16.1. The van der Waals surface area contributed by atoms with E-state index in [1.165, 1.54) is 7.11 Å². The molecule has 1 aliphatic rings. The average Bonchev–Trinajstić information content (AvgIpc) is 2.36. The average molecular weight is 243 g/mol. The molecule has 5 nitrogen and oxygen atoms in total. The van der Waals surface area contributed by atoms with Crippen LogP contribution in [0.2, 0.25) is 0 Å². The monoisotopic (exact) mass is 243 g/mol. The summed E-state index contributed by atoms with van der Waals surface area (Å²) in [5.74, 6) is -0.0356. The summed E-state index contributed by atoms with van der Waals surface area (Å²) in [6.45, 7) is 10.8. The van der Waals surface area contributed by atoms with Crippen LogP contribution in [0.25, 0.3) is 0 Å². The summed E-state index contributed by atoms with van der Waals surface area (Å²) in [7, 11) is 1.53. The van der Waals surface area contributed by atoms with E-state index in [4.69, 9.17) is 4.74 Å². The Kier molecular flexibility index (Phi) is 6.47. The summed E-state index contributed by atoms with van der Waals surface area (Å²) in [6, 6.07) is 0.398. The predicted molar refractivity (Wildman–Crippen MR) is 68.0 cm³/mol. The Balaban J connectivity index is 2.20. The molecule has 1 atom stereocenters. The van der Waals surface area contributed by atoms with Gasteiger partial charge in [0.15, 0.2) is 0 Å². The second kappa shape index (κ2) is 7.63. The molecule has 5 heteroatoms. The summed E-state index contributed by atoms with van der Waals surface area (Å²) in [6.07, 6.45) is 0. The smallest absolute Gasteiger partial charge is 0.246 e. The number of amides is 1. The lowest BCUT2D eigenvalue weighted by Gasteiger charge is -2.37. The summed E-state index contributed by atoms with van der Waals surface area (Å²) < 4.78 is 4.78. The molecule has 1 aliphatic heterocycles. The molecule has 0 radical (unpaired) electrons. The Morgan fingerprint density at radius 3 is 2.53 bits per heavy atom. The number of piperazine rings is 1. The fraction of sp³-hybridized carbons (Fsp3) is 0.917. The van der Waals surface area contributed by atoms with Gasteiger partial charge in [-0.15, -0.1) is 0 Å². The molecule has 0 aliphatic carbocycles. The normalized spacial score (nSPS) is 20.2. The van der Waals surface area contributed by atoms with Crippen LogP contribution in [0, 0.1) is 0 Å². The van der Waals surface area contributed by atoms with Crippen LogP contribution in [0.5, 0.6) is 0 Å². The van der Waals surface area contributed by atoms with Gasteiger partial charge in [-0.3, -0.25) is 9.69 Å². The maximum atomic E-state index is 11.3. The van der Waals surface area contributed by atoms with Crippen LogP contribution in [0.1, 0.15) is 13.8 Å². The van der Waals surface area contributed by atoms with Gasteiger partial charge in [0.2, 0.25) is 5.91 Å². The molecule has 0 aromatic carbocycles. The number of likely N-dealkylation sites (N-methyl/N-ethyl adjacent to an activating group) is 1. The van der Waals surface area contributed by atoms with Crippen molar-refractivity contribution in [2.45, 2.75) is 19.9 Å². The molecule has 0 aromatic rings. The van der Waals surface area contributed by atoms with Gasteiger partial charge in [0.1, 0.15) is 6.61 Å². The van der Waals surface area contributed by atoms with Crippen LogP contribution in [0.4, 0.5) is 0 Å². The molecule has 17 heavy (non-hydrogen) atoms. The van der Waals surface area contributed by atoms with Crippen molar-refractivity contribution >= 4 is 5.91 Å². The number of rotatable bonds is 6. The van der Waals surface area contributed by atoms with E-state index in [0.717, 1.165) is 32.7 Å². The Hall–Kier alpha value is -0.650. The number of nitrogens with zero attached hydrogens (tertiary/aromatic N) is 2. The molecular formula is C12H25N3O2. The molecule has 1 saturated heterocycles. The number of ether oxygens (including phenoxy) is 1. The fourth-order valence-electron chi connectivity index (χ4n) is 2.09. The van der Waals surface area contributed by atoms with Crippen molar-refractivity contribution in [1.82, 2.24) is 15.1 Å². The number of hydrogen-bond donors (Lipinski definition) is 1. The first kappa shape index (κ1) is 14.4. The first-order chi connectivity index (χ1) is 8.17. The van der Waals surface area contributed by atoms with Crippen LogP contribution < -0.4 is 5.32 Å². The number of hydrogen-bond acceptors (Lipinski definition) is 4. The van der Waals surface area contributed by atoms with Crippen molar-refractivity contribution in [3.05, 3.63) is 0 Å². The van der Waals surface area contributed by atoms with Gasteiger partial charge in [-0.25, -0.2) is 0 Å². The lowest BCUT2D eigenvalue weighted by Crippen LogP contribution is -2.52. The van der Waals surface area contributed by atoms with Crippen LogP contribution in [-0.4, -0.2) is 74.7 Å². The van der Waals surface area contributed by atoms with Gasteiger partial charge in [-0.2, -0.15) is 0 Å². The molecule has 1 rings (SSSR count). The second-order valence-electron chi connectivity index (χ2n) is 4.56. The number of carbonyl (C=O) groups is 1. The van der Waals surface area contributed by atoms with Crippen LogP contribution in [-0.2, 0) is 9.53 Å². The highest BCUT2D eigenvalue weighted by Crippen LogP contribution is 2.05. The Morgan fingerprint density at radius 1 is 1.35 bits per heavy atom. The highest BCUT2D eigenvalue weighted by Gasteiger charge is 2.20. The number of nitrogens with one attached hydrogen (secondary N) is 1. The summed E-state index contributed by atoms with van der Waals surface area (Å²) in [5.41, 5.74) is 0. The predicted octanol–water partition coefficient (Wildman–Crippen LogP) is -0.225. The number of carbonyl (C=O) groups excluding carboxylic acids is 1. The van der Waals surface area contributed by atoms with Gasteiger partial charge in [0, 0.05) is 45.9 Å². The van der Waals surface area contributed by atoms with E-state index in [1.54, 1.807) is 0 Å². The standard InChI is InChI=1S/C12H25N3O2/c1-4-14-5-7-15(8-6-14)11(2)9-13-12(16)10-17-3/h11H,4-10H2,1-3H3,(H,13,16). The van der Waals surface area contributed by atoms with Crippen LogP contribution in [0.3, 0.4) is 0 Å². The van der Waals surface area contributed by atoms with E-state index < -0.39 is 0 Å².